The molecule has 104 valence electrons. The van der Waals surface area contributed by atoms with Crippen molar-refractivity contribution in [1.82, 2.24) is 9.29 Å². The molecule has 2 heterocycles. The molecule has 0 amide bonds. The van der Waals surface area contributed by atoms with E-state index >= 15 is 0 Å². The first-order chi connectivity index (χ1) is 8.91. The molecule has 0 radical (unpaired) electrons. The highest BCUT2D eigenvalue weighted by molar-refractivity contribution is 7.89. The second-order valence-corrected chi connectivity index (χ2v) is 6.41. The normalized spacial score (nSPS) is 18.3. The van der Waals surface area contributed by atoms with Crippen molar-refractivity contribution in [2.45, 2.75) is 17.7 Å². The Bertz CT molecular complexity index is 579. The molecular formula is C11H15N3O4S. The third-order valence-electron chi connectivity index (χ3n) is 3.18. The van der Waals surface area contributed by atoms with E-state index in [-0.39, 0.29) is 23.7 Å². The van der Waals surface area contributed by atoms with Crippen molar-refractivity contribution < 1.29 is 18.3 Å². The maximum absolute atomic E-state index is 12.3. The molecule has 0 aliphatic carbocycles. The number of carbonyl (C=O) groups is 1. The molecule has 19 heavy (non-hydrogen) atoms. The van der Waals surface area contributed by atoms with Crippen LogP contribution in [0, 0.1) is 5.92 Å². The molecule has 1 aromatic heterocycles. The molecule has 1 fully saturated rings. The number of anilines is 1. The number of aliphatic carboxylic acids is 1. The molecule has 0 aromatic carbocycles. The minimum Gasteiger partial charge on any atom is -0.481 e. The summed E-state index contributed by atoms with van der Waals surface area (Å²) in [7, 11) is -3.64. The molecule has 1 aliphatic rings. The van der Waals surface area contributed by atoms with Crippen LogP contribution in [0.15, 0.2) is 23.4 Å². The Kier molecular flexibility index (Phi) is 3.72. The van der Waals surface area contributed by atoms with Crippen LogP contribution < -0.4 is 5.73 Å². The van der Waals surface area contributed by atoms with Gasteiger partial charge in [0, 0.05) is 25.5 Å². The standard InChI is InChI=1S/C11H15N3O4S/c12-9-5-10(7-13-6-9)19(17,18)14-3-1-8(2-4-14)11(15)16/h5-8H,1-4,12H2,(H,15,16). The molecule has 7 nitrogen and oxygen atoms in total. The smallest absolute Gasteiger partial charge is 0.306 e. The van der Waals surface area contributed by atoms with Crippen LogP contribution in [0.4, 0.5) is 5.69 Å². The minimum atomic E-state index is -3.64. The molecule has 1 saturated heterocycles. The second-order valence-electron chi connectivity index (χ2n) is 4.47. The summed E-state index contributed by atoms with van der Waals surface area (Å²) >= 11 is 0. The zero-order valence-electron chi connectivity index (χ0n) is 10.2. The summed E-state index contributed by atoms with van der Waals surface area (Å²) in [6.45, 7) is 0.405. The molecule has 1 aromatic rings. The predicted octanol–water partition coefficient (Wildman–Crippen LogP) is 0.149. The van der Waals surface area contributed by atoms with Crippen molar-refractivity contribution in [3.05, 3.63) is 18.5 Å². The number of rotatable bonds is 3. The van der Waals surface area contributed by atoms with E-state index in [2.05, 4.69) is 4.98 Å². The van der Waals surface area contributed by atoms with Crippen molar-refractivity contribution in [2.75, 3.05) is 18.8 Å². The van der Waals surface area contributed by atoms with Crippen molar-refractivity contribution in [3.63, 3.8) is 0 Å². The topological polar surface area (TPSA) is 114 Å². The Morgan fingerprint density at radius 1 is 1.37 bits per heavy atom. The molecule has 1 aliphatic heterocycles. The molecule has 3 N–H and O–H groups in total. The monoisotopic (exact) mass is 285 g/mol. The number of sulfonamides is 1. The molecular weight excluding hydrogens is 270 g/mol. The van der Waals surface area contributed by atoms with Crippen LogP contribution in [-0.2, 0) is 14.8 Å². The Morgan fingerprint density at radius 2 is 2.00 bits per heavy atom. The van der Waals surface area contributed by atoms with E-state index < -0.39 is 21.9 Å². The average molecular weight is 285 g/mol. The number of carboxylic acid groups (broad SMARTS) is 1. The van der Waals surface area contributed by atoms with Gasteiger partial charge in [0.05, 0.1) is 11.6 Å². The number of pyridine rings is 1. The number of aromatic nitrogens is 1. The summed E-state index contributed by atoms with van der Waals surface area (Å²) in [6.07, 6.45) is 3.26. The molecule has 0 atom stereocenters. The Hall–Kier alpha value is -1.67. The van der Waals surface area contributed by atoms with Gasteiger partial charge in [-0.05, 0) is 18.9 Å². The van der Waals surface area contributed by atoms with E-state index in [1.165, 1.54) is 22.8 Å². The van der Waals surface area contributed by atoms with Crippen molar-refractivity contribution in [1.29, 1.82) is 0 Å². The van der Waals surface area contributed by atoms with Crippen LogP contribution in [0.2, 0.25) is 0 Å². The molecule has 2 rings (SSSR count). The maximum atomic E-state index is 12.3. The fourth-order valence-electron chi connectivity index (χ4n) is 2.07. The first-order valence-corrected chi connectivity index (χ1v) is 7.29. The number of nitrogen functional groups attached to an aromatic ring is 1. The fraction of sp³-hybridized carbons (Fsp3) is 0.455. The van der Waals surface area contributed by atoms with Crippen LogP contribution in [0.3, 0.4) is 0 Å². The van der Waals surface area contributed by atoms with Gasteiger partial charge in [-0.1, -0.05) is 0 Å². The van der Waals surface area contributed by atoms with Crippen molar-refractivity contribution in [2.24, 2.45) is 5.92 Å². The Labute approximate surface area is 111 Å². The highest BCUT2D eigenvalue weighted by Crippen LogP contribution is 2.24. The second kappa shape index (κ2) is 5.14. The van der Waals surface area contributed by atoms with Gasteiger partial charge in [-0.15, -0.1) is 0 Å². The third kappa shape index (κ3) is 2.85. The van der Waals surface area contributed by atoms with Gasteiger partial charge < -0.3 is 10.8 Å². The van der Waals surface area contributed by atoms with Crippen LogP contribution >= 0.6 is 0 Å². The zero-order valence-corrected chi connectivity index (χ0v) is 11.0. The number of hydrogen-bond acceptors (Lipinski definition) is 5. The molecule has 0 saturated carbocycles. The van der Waals surface area contributed by atoms with Gasteiger partial charge in [-0.3, -0.25) is 9.78 Å². The van der Waals surface area contributed by atoms with Crippen LogP contribution in [0.5, 0.6) is 0 Å². The van der Waals surface area contributed by atoms with Gasteiger partial charge in [0.1, 0.15) is 4.90 Å². The van der Waals surface area contributed by atoms with Gasteiger partial charge in [-0.25, -0.2) is 8.42 Å². The number of carboxylic acids is 1. The molecule has 0 bridgehead atoms. The highest BCUT2D eigenvalue weighted by atomic mass is 32.2. The van der Waals surface area contributed by atoms with E-state index in [4.69, 9.17) is 10.8 Å². The summed E-state index contributed by atoms with van der Waals surface area (Å²) in [4.78, 5) is 14.6. The van der Waals surface area contributed by atoms with Crippen molar-refractivity contribution in [3.8, 4) is 0 Å². The van der Waals surface area contributed by atoms with Gasteiger partial charge in [0.25, 0.3) is 0 Å². The van der Waals surface area contributed by atoms with E-state index in [1.807, 2.05) is 0 Å². The number of nitrogens with zero attached hydrogens (tertiary/aromatic N) is 2. The molecule has 8 heteroatoms. The lowest BCUT2D eigenvalue weighted by Crippen LogP contribution is -2.40. The van der Waals surface area contributed by atoms with Gasteiger partial charge in [0.2, 0.25) is 10.0 Å². The van der Waals surface area contributed by atoms with E-state index in [0.29, 0.717) is 12.8 Å². The first-order valence-electron chi connectivity index (χ1n) is 5.85. The number of nitrogens with two attached hydrogens (primary N) is 1. The van der Waals surface area contributed by atoms with Gasteiger partial charge >= 0.3 is 5.97 Å². The van der Waals surface area contributed by atoms with Crippen LogP contribution in [0.1, 0.15) is 12.8 Å². The van der Waals surface area contributed by atoms with Gasteiger partial charge in [0.15, 0.2) is 0 Å². The number of piperidine rings is 1. The highest BCUT2D eigenvalue weighted by Gasteiger charge is 2.32. The minimum absolute atomic E-state index is 0.0428. The predicted molar refractivity (Wildman–Crippen MR) is 67.8 cm³/mol. The first kappa shape index (κ1) is 13.8. The summed E-state index contributed by atoms with van der Waals surface area (Å²) in [6, 6.07) is 1.35. The van der Waals surface area contributed by atoms with Crippen molar-refractivity contribution >= 4 is 21.7 Å². The lowest BCUT2D eigenvalue weighted by molar-refractivity contribution is -0.142. The third-order valence-corrected chi connectivity index (χ3v) is 5.04. The summed E-state index contributed by atoms with van der Waals surface area (Å²) in [5.41, 5.74) is 5.80. The van der Waals surface area contributed by atoms with E-state index in [1.54, 1.807) is 0 Å². The summed E-state index contributed by atoms with van der Waals surface area (Å²) in [5, 5.41) is 8.89. The van der Waals surface area contributed by atoms with Gasteiger partial charge in [-0.2, -0.15) is 4.31 Å². The lowest BCUT2D eigenvalue weighted by atomic mass is 9.99. The lowest BCUT2D eigenvalue weighted by Gasteiger charge is -2.29. The Morgan fingerprint density at radius 3 is 2.53 bits per heavy atom. The fourth-order valence-corrected chi connectivity index (χ4v) is 3.54. The SMILES string of the molecule is Nc1cncc(S(=O)(=O)N2CCC(C(=O)O)CC2)c1. The molecule has 0 spiro atoms. The quantitative estimate of drug-likeness (QED) is 0.817. The maximum Gasteiger partial charge on any atom is 0.306 e. The average Bonchev–Trinajstić information content (AvgIpc) is 2.39. The van der Waals surface area contributed by atoms with Crippen LogP contribution in [-0.4, -0.2) is 41.9 Å². The number of hydrogen-bond donors (Lipinski definition) is 2. The Balaban J connectivity index is 2.16. The van der Waals surface area contributed by atoms with E-state index in [9.17, 15) is 13.2 Å². The van der Waals surface area contributed by atoms with E-state index in [0.717, 1.165) is 0 Å². The summed E-state index contributed by atoms with van der Waals surface area (Å²) < 4.78 is 25.9. The molecule has 0 unspecified atom stereocenters. The summed E-state index contributed by atoms with van der Waals surface area (Å²) in [5.74, 6) is -1.34. The van der Waals surface area contributed by atoms with Crippen LogP contribution in [0.25, 0.3) is 0 Å². The zero-order chi connectivity index (χ0) is 14.0. The largest absolute Gasteiger partial charge is 0.481 e.